The predicted octanol–water partition coefficient (Wildman–Crippen LogP) is 1.51. The van der Waals surface area contributed by atoms with Crippen LogP contribution in [-0.4, -0.2) is 24.9 Å². The van der Waals surface area contributed by atoms with Gasteiger partial charge in [-0.2, -0.15) is 9.36 Å². The highest BCUT2D eigenvalue weighted by molar-refractivity contribution is 6.32. The largest absolute Gasteiger partial charge is 0.506 e. The normalized spacial score (nSPS) is 10.8. The Hall–Kier alpha value is -1.82. The Bertz CT molecular complexity index is 632. The summed E-state index contributed by atoms with van der Waals surface area (Å²) in [6, 6.07) is 2.99. The fourth-order valence-electron chi connectivity index (χ4n) is 1.66. The summed E-state index contributed by atoms with van der Waals surface area (Å²) in [5.74, 6) is -0.0887. The molecule has 0 saturated heterocycles. The zero-order chi connectivity index (χ0) is 13.3. The first kappa shape index (κ1) is 12.6. The molecule has 0 bridgehead atoms. The van der Waals surface area contributed by atoms with Crippen LogP contribution in [0.1, 0.15) is 18.9 Å². The predicted molar refractivity (Wildman–Crippen MR) is 67.3 cm³/mol. The summed E-state index contributed by atoms with van der Waals surface area (Å²) in [7, 11) is 0. The molecule has 1 heterocycles. The molecule has 1 N–H and O–H groups in total. The molecular formula is C11H13ClN4O2. The Morgan fingerprint density at radius 3 is 2.78 bits per heavy atom. The third kappa shape index (κ3) is 2.11. The van der Waals surface area contributed by atoms with Gasteiger partial charge in [0, 0.05) is 12.6 Å². The van der Waals surface area contributed by atoms with Crippen LogP contribution in [0.4, 0.5) is 0 Å². The van der Waals surface area contributed by atoms with Crippen molar-refractivity contribution in [1.82, 2.24) is 19.8 Å². The zero-order valence-electron chi connectivity index (χ0n) is 10.1. The summed E-state index contributed by atoms with van der Waals surface area (Å²) in [4.78, 5) is 12.0. The molecule has 0 fully saturated rings. The summed E-state index contributed by atoms with van der Waals surface area (Å²) in [5, 5.41) is 17.4. The summed E-state index contributed by atoms with van der Waals surface area (Å²) in [6.07, 6.45) is 0.795. The molecule has 6 nitrogen and oxygen atoms in total. The molecule has 0 unspecified atom stereocenters. The van der Waals surface area contributed by atoms with Crippen LogP contribution in [0, 0.1) is 6.92 Å². The van der Waals surface area contributed by atoms with Gasteiger partial charge in [0.15, 0.2) is 0 Å². The number of nitrogens with zero attached hydrogens (tertiary/aromatic N) is 4. The van der Waals surface area contributed by atoms with E-state index >= 15 is 0 Å². The first-order chi connectivity index (χ1) is 8.54. The van der Waals surface area contributed by atoms with E-state index in [4.69, 9.17) is 11.6 Å². The van der Waals surface area contributed by atoms with E-state index in [-0.39, 0.29) is 16.5 Å². The third-order valence-electron chi connectivity index (χ3n) is 2.57. The molecule has 7 heteroatoms. The maximum absolute atomic E-state index is 12.0. The fraction of sp³-hybridized carbons (Fsp3) is 0.364. The molecule has 1 aromatic heterocycles. The van der Waals surface area contributed by atoms with Crippen LogP contribution in [0.3, 0.4) is 0 Å². The number of hydrogen-bond acceptors (Lipinski definition) is 4. The molecule has 0 atom stereocenters. The van der Waals surface area contributed by atoms with E-state index in [2.05, 4.69) is 10.4 Å². The second-order valence-corrected chi connectivity index (χ2v) is 4.39. The minimum absolute atomic E-state index is 0.0887. The third-order valence-corrected chi connectivity index (χ3v) is 2.87. The van der Waals surface area contributed by atoms with Gasteiger partial charge in [0.1, 0.15) is 5.75 Å². The topological polar surface area (TPSA) is 72.9 Å². The summed E-state index contributed by atoms with van der Waals surface area (Å²) in [6.45, 7) is 4.24. The molecule has 0 amide bonds. The van der Waals surface area contributed by atoms with Gasteiger partial charge in [-0.05, 0) is 35.4 Å². The number of aromatic nitrogens is 4. The smallest absolute Gasteiger partial charge is 0.368 e. The minimum Gasteiger partial charge on any atom is -0.506 e. The van der Waals surface area contributed by atoms with E-state index in [0.717, 1.165) is 16.7 Å². The first-order valence-electron chi connectivity index (χ1n) is 5.57. The minimum atomic E-state index is -0.332. The number of phenolic OH excluding ortho intramolecular Hbond substituents is 1. The Labute approximate surface area is 108 Å². The molecule has 18 heavy (non-hydrogen) atoms. The van der Waals surface area contributed by atoms with Crippen LogP contribution in [-0.2, 0) is 6.54 Å². The number of aryl methyl sites for hydroxylation is 2. The number of hydrogen-bond donors (Lipinski definition) is 1. The van der Waals surface area contributed by atoms with Crippen molar-refractivity contribution < 1.29 is 5.11 Å². The van der Waals surface area contributed by atoms with Crippen molar-refractivity contribution >= 4 is 11.6 Å². The van der Waals surface area contributed by atoms with Gasteiger partial charge in [0.25, 0.3) is 0 Å². The number of benzene rings is 1. The van der Waals surface area contributed by atoms with Crippen LogP contribution in [0.25, 0.3) is 5.69 Å². The second kappa shape index (κ2) is 4.81. The lowest BCUT2D eigenvalue weighted by Gasteiger charge is -2.05. The monoisotopic (exact) mass is 268 g/mol. The quantitative estimate of drug-likeness (QED) is 0.916. The molecular weight excluding hydrogens is 256 g/mol. The highest BCUT2D eigenvalue weighted by Gasteiger charge is 2.12. The van der Waals surface area contributed by atoms with Crippen LogP contribution in [0.5, 0.6) is 5.75 Å². The average molecular weight is 269 g/mol. The molecule has 0 aliphatic heterocycles. The molecule has 1 aromatic carbocycles. The Morgan fingerprint density at radius 2 is 2.11 bits per heavy atom. The van der Waals surface area contributed by atoms with Crippen molar-refractivity contribution in [2.75, 3.05) is 0 Å². The van der Waals surface area contributed by atoms with Gasteiger partial charge < -0.3 is 5.11 Å². The molecule has 2 rings (SSSR count). The van der Waals surface area contributed by atoms with Gasteiger partial charge in [-0.25, -0.2) is 4.79 Å². The lowest BCUT2D eigenvalue weighted by atomic mass is 10.2. The van der Waals surface area contributed by atoms with Gasteiger partial charge in [0.05, 0.1) is 10.7 Å². The number of phenols is 1. The number of rotatable bonds is 3. The molecule has 2 aromatic rings. The maximum Gasteiger partial charge on any atom is 0.368 e. The van der Waals surface area contributed by atoms with Crippen LogP contribution in [0.2, 0.25) is 5.02 Å². The van der Waals surface area contributed by atoms with E-state index in [9.17, 15) is 9.90 Å². The van der Waals surface area contributed by atoms with Gasteiger partial charge in [-0.15, -0.1) is 0 Å². The Balaban J connectivity index is 2.56. The van der Waals surface area contributed by atoms with Crippen molar-refractivity contribution in [2.45, 2.75) is 26.8 Å². The van der Waals surface area contributed by atoms with E-state index in [1.807, 2.05) is 6.92 Å². The lowest BCUT2D eigenvalue weighted by molar-refractivity contribution is 0.474. The lowest BCUT2D eigenvalue weighted by Crippen LogP contribution is -2.24. The maximum atomic E-state index is 12.0. The van der Waals surface area contributed by atoms with Crippen molar-refractivity contribution in [2.24, 2.45) is 0 Å². The molecule has 0 spiro atoms. The first-order valence-corrected chi connectivity index (χ1v) is 5.94. The molecule has 0 aliphatic carbocycles. The van der Waals surface area contributed by atoms with Crippen LogP contribution >= 0.6 is 11.6 Å². The van der Waals surface area contributed by atoms with E-state index in [0.29, 0.717) is 12.2 Å². The van der Waals surface area contributed by atoms with Crippen molar-refractivity contribution in [1.29, 1.82) is 0 Å². The highest BCUT2D eigenvalue weighted by atomic mass is 35.5. The Morgan fingerprint density at radius 1 is 1.39 bits per heavy atom. The number of tetrazole rings is 1. The van der Waals surface area contributed by atoms with Gasteiger partial charge >= 0.3 is 5.69 Å². The van der Waals surface area contributed by atoms with Gasteiger partial charge in [-0.3, -0.25) is 0 Å². The molecule has 0 aliphatic rings. The molecule has 0 saturated carbocycles. The van der Waals surface area contributed by atoms with E-state index < -0.39 is 0 Å². The summed E-state index contributed by atoms with van der Waals surface area (Å²) >= 11 is 5.79. The Kier molecular flexibility index (Phi) is 3.38. The average Bonchev–Trinajstić information content (AvgIpc) is 2.67. The van der Waals surface area contributed by atoms with Gasteiger partial charge in [0.2, 0.25) is 0 Å². The van der Waals surface area contributed by atoms with Crippen LogP contribution < -0.4 is 5.69 Å². The zero-order valence-corrected chi connectivity index (χ0v) is 10.8. The summed E-state index contributed by atoms with van der Waals surface area (Å²) < 4.78 is 2.44. The number of aromatic hydroxyl groups is 1. The standard InChI is InChI=1S/C11H13ClN4O2/c1-3-4-15-11(18)16(14-13-15)9-6-10(17)8(12)5-7(9)2/h5-6,17H,3-4H2,1-2H3. The second-order valence-electron chi connectivity index (χ2n) is 3.99. The van der Waals surface area contributed by atoms with Crippen molar-refractivity contribution in [3.8, 4) is 11.4 Å². The van der Waals surface area contributed by atoms with E-state index in [1.54, 1.807) is 13.0 Å². The molecule has 0 radical (unpaired) electrons. The fourth-order valence-corrected chi connectivity index (χ4v) is 1.87. The highest BCUT2D eigenvalue weighted by Crippen LogP contribution is 2.27. The van der Waals surface area contributed by atoms with Crippen molar-refractivity contribution in [3.63, 3.8) is 0 Å². The van der Waals surface area contributed by atoms with E-state index in [1.165, 1.54) is 10.7 Å². The summed E-state index contributed by atoms with van der Waals surface area (Å²) in [5.41, 5.74) is 0.884. The molecule has 96 valence electrons. The van der Waals surface area contributed by atoms with Gasteiger partial charge in [-0.1, -0.05) is 18.5 Å². The SMILES string of the molecule is CCCn1nnn(-c2cc(O)c(Cl)cc2C)c1=O. The van der Waals surface area contributed by atoms with Crippen molar-refractivity contribution in [3.05, 3.63) is 33.2 Å². The van der Waals surface area contributed by atoms with Crippen LogP contribution in [0.15, 0.2) is 16.9 Å². The number of halogens is 1.